The van der Waals surface area contributed by atoms with Gasteiger partial charge in [0.25, 0.3) is 10.0 Å². The van der Waals surface area contributed by atoms with Crippen LogP contribution >= 0.6 is 11.6 Å². The second-order valence-corrected chi connectivity index (χ2v) is 6.97. The van der Waals surface area contributed by atoms with Crippen molar-refractivity contribution in [2.45, 2.75) is 11.8 Å². The Balaban J connectivity index is 2.54. The summed E-state index contributed by atoms with van der Waals surface area (Å²) in [4.78, 5) is -0.546. The van der Waals surface area contributed by atoms with Gasteiger partial charge in [0.1, 0.15) is 4.90 Å². The maximum absolute atomic E-state index is 14.0. The number of nitrogens with zero attached hydrogens (tertiary/aromatic N) is 1. The third kappa shape index (κ3) is 2.96. The van der Waals surface area contributed by atoms with E-state index in [9.17, 15) is 12.8 Å². The molecule has 2 rings (SSSR count). The van der Waals surface area contributed by atoms with Crippen LogP contribution in [0.25, 0.3) is 0 Å². The Labute approximate surface area is 128 Å². The number of hydrogen-bond donors (Lipinski definition) is 1. The van der Waals surface area contributed by atoms with Gasteiger partial charge < -0.3 is 5.73 Å². The molecule has 4 nitrogen and oxygen atoms in total. The Morgan fingerprint density at radius 3 is 2.33 bits per heavy atom. The number of nitrogen functional groups attached to an aromatic ring is 1. The summed E-state index contributed by atoms with van der Waals surface area (Å²) in [5.41, 5.74) is 7.03. The van der Waals surface area contributed by atoms with E-state index < -0.39 is 20.7 Å². The normalized spacial score (nSPS) is 11.4. The number of halogens is 2. The van der Waals surface area contributed by atoms with Crippen LogP contribution in [0.2, 0.25) is 5.02 Å². The molecule has 0 aliphatic rings. The predicted molar refractivity (Wildman–Crippen MR) is 82.6 cm³/mol. The van der Waals surface area contributed by atoms with Gasteiger partial charge in [-0.15, -0.1) is 0 Å². The van der Waals surface area contributed by atoms with Gasteiger partial charge in [-0.05, 0) is 31.2 Å². The molecule has 0 amide bonds. The van der Waals surface area contributed by atoms with Crippen LogP contribution in [0, 0.1) is 12.7 Å². The summed E-state index contributed by atoms with van der Waals surface area (Å²) in [6.45, 7) is 1.88. The van der Waals surface area contributed by atoms with Gasteiger partial charge in [0.05, 0.1) is 10.7 Å². The third-order valence-electron chi connectivity index (χ3n) is 3.05. The Morgan fingerprint density at radius 2 is 1.76 bits per heavy atom. The number of nitrogens with two attached hydrogens (primary N) is 1. The third-order valence-corrected chi connectivity index (χ3v) is 5.11. The quantitative estimate of drug-likeness (QED) is 0.880. The second-order valence-electron chi connectivity index (χ2n) is 4.62. The van der Waals surface area contributed by atoms with E-state index in [0.29, 0.717) is 5.69 Å². The van der Waals surface area contributed by atoms with E-state index in [4.69, 9.17) is 17.3 Å². The highest BCUT2D eigenvalue weighted by Crippen LogP contribution is 2.29. The molecule has 0 aliphatic heterocycles. The van der Waals surface area contributed by atoms with Gasteiger partial charge in [-0.2, -0.15) is 0 Å². The van der Waals surface area contributed by atoms with Crippen molar-refractivity contribution in [2.75, 3.05) is 17.1 Å². The molecular formula is C14H14ClFN2O2S. The van der Waals surface area contributed by atoms with E-state index in [1.54, 1.807) is 24.3 Å². The van der Waals surface area contributed by atoms with Crippen LogP contribution in [-0.4, -0.2) is 15.5 Å². The summed E-state index contributed by atoms with van der Waals surface area (Å²) in [5.74, 6) is -1.01. The summed E-state index contributed by atoms with van der Waals surface area (Å²) < 4.78 is 40.0. The number of hydrogen-bond acceptors (Lipinski definition) is 3. The number of sulfonamides is 1. The fraction of sp³-hybridized carbons (Fsp3) is 0.143. The standard InChI is InChI=1S/C14H14ClFN2O2S/c1-9-3-5-11(6-4-9)18(2)21(19,20)13-8-10(17)7-12(15)14(13)16/h3-8H,17H2,1-2H3. The van der Waals surface area contributed by atoms with Crippen molar-refractivity contribution >= 4 is 33.0 Å². The minimum absolute atomic E-state index is 0.0808. The zero-order valence-corrected chi connectivity index (χ0v) is 13.0. The minimum atomic E-state index is -4.09. The smallest absolute Gasteiger partial charge is 0.267 e. The Bertz CT molecular complexity index is 776. The minimum Gasteiger partial charge on any atom is -0.399 e. The summed E-state index contributed by atoms with van der Waals surface area (Å²) in [7, 11) is -2.74. The maximum atomic E-state index is 14.0. The molecule has 0 saturated heterocycles. The zero-order chi connectivity index (χ0) is 15.8. The molecule has 0 aromatic heterocycles. The van der Waals surface area contributed by atoms with Crippen molar-refractivity contribution in [1.29, 1.82) is 0 Å². The number of anilines is 2. The van der Waals surface area contributed by atoms with Crippen LogP contribution in [0.15, 0.2) is 41.3 Å². The average molecular weight is 329 g/mol. The van der Waals surface area contributed by atoms with Gasteiger partial charge in [0.15, 0.2) is 5.82 Å². The summed E-state index contributed by atoms with van der Waals surface area (Å²) in [6.07, 6.45) is 0. The molecule has 0 atom stereocenters. The topological polar surface area (TPSA) is 63.4 Å². The molecule has 7 heteroatoms. The van der Waals surface area contributed by atoms with E-state index in [-0.39, 0.29) is 10.7 Å². The van der Waals surface area contributed by atoms with Gasteiger partial charge >= 0.3 is 0 Å². The number of aryl methyl sites for hydroxylation is 1. The molecule has 2 aromatic rings. The summed E-state index contributed by atoms with van der Waals surface area (Å²) >= 11 is 5.66. The van der Waals surface area contributed by atoms with Crippen molar-refractivity contribution in [3.8, 4) is 0 Å². The van der Waals surface area contributed by atoms with Crippen molar-refractivity contribution in [1.82, 2.24) is 0 Å². The molecule has 112 valence electrons. The zero-order valence-electron chi connectivity index (χ0n) is 11.5. The van der Waals surface area contributed by atoms with Crippen LogP contribution in [0.4, 0.5) is 15.8 Å². The molecule has 0 radical (unpaired) electrons. The van der Waals surface area contributed by atoms with Crippen molar-refractivity contribution < 1.29 is 12.8 Å². The monoisotopic (exact) mass is 328 g/mol. The lowest BCUT2D eigenvalue weighted by Gasteiger charge is -2.20. The highest BCUT2D eigenvalue weighted by atomic mass is 35.5. The van der Waals surface area contributed by atoms with Crippen LogP contribution in [-0.2, 0) is 10.0 Å². The fourth-order valence-electron chi connectivity index (χ4n) is 1.81. The van der Waals surface area contributed by atoms with E-state index >= 15 is 0 Å². The first kappa shape index (κ1) is 15.6. The van der Waals surface area contributed by atoms with Gasteiger partial charge in [0, 0.05) is 12.7 Å². The first-order valence-corrected chi connectivity index (χ1v) is 7.85. The highest BCUT2D eigenvalue weighted by Gasteiger charge is 2.26. The maximum Gasteiger partial charge on any atom is 0.267 e. The molecule has 2 aromatic carbocycles. The molecule has 21 heavy (non-hydrogen) atoms. The van der Waals surface area contributed by atoms with Crippen molar-refractivity contribution in [3.63, 3.8) is 0 Å². The Hall–Kier alpha value is -1.79. The lowest BCUT2D eigenvalue weighted by molar-refractivity contribution is 0.566. The molecular weight excluding hydrogens is 315 g/mol. The molecule has 0 spiro atoms. The molecule has 0 fully saturated rings. The SMILES string of the molecule is Cc1ccc(N(C)S(=O)(=O)c2cc(N)cc(Cl)c2F)cc1. The number of benzene rings is 2. The Kier molecular flexibility index (Phi) is 4.11. The van der Waals surface area contributed by atoms with Crippen molar-refractivity contribution in [3.05, 3.63) is 52.8 Å². The number of rotatable bonds is 3. The predicted octanol–water partition coefficient (Wildman–Crippen LogP) is 3.19. The van der Waals surface area contributed by atoms with Gasteiger partial charge in [0.2, 0.25) is 0 Å². The first-order valence-electron chi connectivity index (χ1n) is 6.03. The molecule has 2 N–H and O–H groups in total. The van der Waals surface area contributed by atoms with Crippen molar-refractivity contribution in [2.24, 2.45) is 0 Å². The molecule has 0 saturated carbocycles. The van der Waals surface area contributed by atoms with E-state index in [1.165, 1.54) is 13.1 Å². The molecule has 0 bridgehead atoms. The van der Waals surface area contributed by atoms with Crippen LogP contribution in [0.5, 0.6) is 0 Å². The summed E-state index contributed by atoms with van der Waals surface area (Å²) in [5, 5.41) is -0.328. The van der Waals surface area contributed by atoms with Gasteiger partial charge in [-0.1, -0.05) is 29.3 Å². The van der Waals surface area contributed by atoms with Gasteiger partial charge in [-0.25, -0.2) is 12.8 Å². The highest BCUT2D eigenvalue weighted by molar-refractivity contribution is 7.92. The average Bonchev–Trinajstić information content (AvgIpc) is 2.42. The van der Waals surface area contributed by atoms with Gasteiger partial charge in [-0.3, -0.25) is 4.31 Å². The van der Waals surface area contributed by atoms with E-state index in [0.717, 1.165) is 15.9 Å². The molecule has 0 aliphatic carbocycles. The van der Waals surface area contributed by atoms with Crippen LogP contribution < -0.4 is 10.0 Å². The lowest BCUT2D eigenvalue weighted by atomic mass is 10.2. The van der Waals surface area contributed by atoms with Crippen LogP contribution in [0.1, 0.15) is 5.56 Å². The Morgan fingerprint density at radius 1 is 1.19 bits per heavy atom. The largest absolute Gasteiger partial charge is 0.399 e. The summed E-state index contributed by atoms with van der Waals surface area (Å²) in [6, 6.07) is 9.04. The van der Waals surface area contributed by atoms with E-state index in [2.05, 4.69) is 0 Å². The van der Waals surface area contributed by atoms with Crippen LogP contribution in [0.3, 0.4) is 0 Å². The lowest BCUT2D eigenvalue weighted by Crippen LogP contribution is -2.27. The molecule has 0 unspecified atom stereocenters. The molecule has 0 heterocycles. The van der Waals surface area contributed by atoms with E-state index in [1.807, 2.05) is 6.92 Å². The fourth-order valence-corrected chi connectivity index (χ4v) is 3.41. The first-order chi connectivity index (χ1) is 9.73. The second kappa shape index (κ2) is 5.54.